The molecule has 0 bridgehead atoms. The highest BCUT2D eigenvalue weighted by Gasteiger charge is 2.32. The highest BCUT2D eigenvalue weighted by molar-refractivity contribution is 6.09. The zero-order valence-corrected chi connectivity index (χ0v) is 15.4. The van der Waals surface area contributed by atoms with E-state index in [2.05, 4.69) is 5.32 Å². The third-order valence-corrected chi connectivity index (χ3v) is 4.29. The van der Waals surface area contributed by atoms with Gasteiger partial charge in [0.05, 0.1) is 5.56 Å². The Morgan fingerprint density at radius 3 is 2.28 bits per heavy atom. The topological polar surface area (TPSA) is 55.1 Å². The predicted octanol–water partition coefficient (Wildman–Crippen LogP) is 5.60. The normalized spacial score (nSPS) is 11.6. The van der Waals surface area contributed by atoms with Crippen LogP contribution in [0.2, 0.25) is 0 Å². The van der Waals surface area contributed by atoms with Crippen LogP contribution in [0.25, 0.3) is 17.2 Å². The number of hydrogen-bond donors (Lipinski definition) is 2. The molecule has 148 valence electrons. The number of benzene rings is 3. The van der Waals surface area contributed by atoms with Gasteiger partial charge in [-0.3, -0.25) is 4.79 Å². The van der Waals surface area contributed by atoms with E-state index in [1.54, 1.807) is 60.7 Å². The number of nitrogens with one attached hydrogen (secondary N) is 1. The van der Waals surface area contributed by atoms with Crippen LogP contribution < -0.4 is 11.1 Å². The molecule has 0 saturated carbocycles. The molecule has 0 aliphatic heterocycles. The summed E-state index contributed by atoms with van der Waals surface area (Å²) in [5.74, 6) is -0.611. The molecular weight excluding hydrogens is 377 g/mol. The van der Waals surface area contributed by atoms with Crippen molar-refractivity contribution in [2.24, 2.45) is 5.73 Å². The van der Waals surface area contributed by atoms with Crippen LogP contribution in [0.4, 0.5) is 18.9 Å². The van der Waals surface area contributed by atoms with Crippen molar-refractivity contribution in [2.45, 2.75) is 6.18 Å². The largest absolute Gasteiger partial charge is 0.416 e. The lowest BCUT2D eigenvalue weighted by Gasteiger charge is -2.14. The maximum absolute atomic E-state index is 13.2. The van der Waals surface area contributed by atoms with E-state index in [0.29, 0.717) is 23.4 Å². The van der Waals surface area contributed by atoms with Gasteiger partial charge in [-0.15, -0.1) is 0 Å². The molecule has 0 saturated heterocycles. The number of carbonyl (C=O) groups excluding carboxylic acids is 1. The summed E-state index contributed by atoms with van der Waals surface area (Å²) < 4.78 is 39.6. The first-order valence-electron chi connectivity index (χ1n) is 8.93. The van der Waals surface area contributed by atoms with Crippen LogP contribution in [-0.4, -0.2) is 12.5 Å². The summed E-state index contributed by atoms with van der Waals surface area (Å²) in [5.41, 5.74) is 6.98. The molecule has 29 heavy (non-hydrogen) atoms. The van der Waals surface area contributed by atoms with Crippen LogP contribution in [-0.2, 0) is 6.18 Å². The van der Waals surface area contributed by atoms with E-state index in [1.165, 1.54) is 6.07 Å². The lowest BCUT2D eigenvalue weighted by atomic mass is 9.96. The Morgan fingerprint density at radius 2 is 1.66 bits per heavy atom. The number of rotatable bonds is 5. The molecule has 6 heteroatoms. The number of hydrogen-bond acceptors (Lipinski definition) is 2. The second kappa shape index (κ2) is 8.75. The van der Waals surface area contributed by atoms with Gasteiger partial charge in [0.2, 0.25) is 0 Å². The summed E-state index contributed by atoms with van der Waals surface area (Å²) in [6, 6.07) is 19.0. The van der Waals surface area contributed by atoms with Crippen LogP contribution in [0.15, 0.2) is 78.9 Å². The number of alkyl halides is 3. The Labute approximate surface area is 166 Å². The monoisotopic (exact) mass is 396 g/mol. The molecule has 0 aliphatic carbocycles. The second-order valence-electron chi connectivity index (χ2n) is 6.34. The molecule has 3 aromatic carbocycles. The molecule has 0 unspecified atom stereocenters. The van der Waals surface area contributed by atoms with Crippen LogP contribution >= 0.6 is 0 Å². The van der Waals surface area contributed by atoms with Crippen LogP contribution in [0, 0.1) is 0 Å². The number of carbonyl (C=O) groups is 1. The molecule has 3 N–H and O–H groups in total. The molecule has 0 radical (unpaired) electrons. The maximum Gasteiger partial charge on any atom is 0.416 e. The third kappa shape index (κ3) is 5.12. The van der Waals surface area contributed by atoms with Crippen molar-refractivity contribution in [3.05, 3.63) is 95.6 Å². The highest BCUT2D eigenvalue weighted by atomic mass is 19.4. The van der Waals surface area contributed by atoms with Crippen molar-refractivity contribution in [3.63, 3.8) is 0 Å². The second-order valence-corrected chi connectivity index (χ2v) is 6.34. The molecule has 0 atom stereocenters. The average molecular weight is 396 g/mol. The molecule has 0 heterocycles. The minimum Gasteiger partial charge on any atom is -0.327 e. The summed E-state index contributed by atoms with van der Waals surface area (Å²) >= 11 is 0. The Morgan fingerprint density at radius 1 is 0.966 bits per heavy atom. The number of halogens is 3. The molecule has 3 rings (SSSR count). The molecule has 0 aromatic heterocycles. The van der Waals surface area contributed by atoms with Crippen molar-refractivity contribution in [2.75, 3.05) is 11.9 Å². The average Bonchev–Trinajstić information content (AvgIpc) is 2.73. The Hall–Kier alpha value is -3.38. The fourth-order valence-corrected chi connectivity index (χ4v) is 2.86. The number of anilines is 1. The van der Waals surface area contributed by atoms with E-state index in [1.807, 2.05) is 6.08 Å². The standard InChI is InChI=1S/C23H19F3N2O/c24-23(25,26)18-10-13-20(17-6-2-1-3-7-17)21(15-18)22(29)28-19-11-8-16(9-12-19)5-4-14-27/h1-13,15H,14,27H2,(H,28,29)/b5-4+. The summed E-state index contributed by atoms with van der Waals surface area (Å²) in [6.45, 7) is 0.413. The third-order valence-electron chi connectivity index (χ3n) is 4.29. The van der Waals surface area contributed by atoms with Crippen molar-refractivity contribution >= 4 is 17.7 Å². The van der Waals surface area contributed by atoms with Gasteiger partial charge >= 0.3 is 6.18 Å². The first kappa shape index (κ1) is 20.4. The van der Waals surface area contributed by atoms with E-state index in [9.17, 15) is 18.0 Å². The van der Waals surface area contributed by atoms with Crippen molar-refractivity contribution in [1.82, 2.24) is 0 Å². The van der Waals surface area contributed by atoms with E-state index in [4.69, 9.17) is 5.73 Å². The molecule has 0 aliphatic rings. The quantitative estimate of drug-likeness (QED) is 0.590. The van der Waals surface area contributed by atoms with E-state index in [0.717, 1.165) is 17.7 Å². The van der Waals surface area contributed by atoms with Crippen molar-refractivity contribution < 1.29 is 18.0 Å². The summed E-state index contributed by atoms with van der Waals surface area (Å²) in [7, 11) is 0. The van der Waals surface area contributed by atoms with Crippen molar-refractivity contribution in [3.8, 4) is 11.1 Å². The number of amides is 1. The first-order valence-corrected chi connectivity index (χ1v) is 8.93. The predicted molar refractivity (Wildman–Crippen MR) is 109 cm³/mol. The van der Waals surface area contributed by atoms with Gasteiger partial charge in [0.15, 0.2) is 0 Å². The van der Waals surface area contributed by atoms with E-state index >= 15 is 0 Å². The molecule has 0 fully saturated rings. The molecule has 3 aromatic rings. The van der Waals surface area contributed by atoms with Gasteiger partial charge in [-0.1, -0.05) is 60.7 Å². The van der Waals surface area contributed by atoms with Crippen LogP contribution in [0.1, 0.15) is 21.5 Å². The van der Waals surface area contributed by atoms with Gasteiger partial charge in [-0.25, -0.2) is 0 Å². The Kier molecular flexibility index (Phi) is 6.14. The van der Waals surface area contributed by atoms with Gasteiger partial charge in [0.1, 0.15) is 0 Å². The first-order chi connectivity index (χ1) is 13.9. The van der Waals surface area contributed by atoms with E-state index < -0.39 is 17.6 Å². The Bertz CT molecular complexity index is 1010. The minimum atomic E-state index is -4.54. The summed E-state index contributed by atoms with van der Waals surface area (Å²) in [4.78, 5) is 12.8. The van der Waals surface area contributed by atoms with Crippen molar-refractivity contribution in [1.29, 1.82) is 0 Å². The maximum atomic E-state index is 13.2. The molecule has 3 nitrogen and oxygen atoms in total. The minimum absolute atomic E-state index is 0.0434. The summed E-state index contributed by atoms with van der Waals surface area (Å²) in [5, 5.41) is 2.68. The molecular formula is C23H19F3N2O. The fourth-order valence-electron chi connectivity index (χ4n) is 2.86. The highest BCUT2D eigenvalue weighted by Crippen LogP contribution is 2.33. The lowest BCUT2D eigenvalue weighted by Crippen LogP contribution is -2.15. The Balaban J connectivity index is 1.94. The van der Waals surface area contributed by atoms with Gasteiger partial charge in [-0.05, 0) is 41.0 Å². The SMILES string of the molecule is NC/C=C/c1ccc(NC(=O)c2cc(C(F)(F)F)ccc2-c2ccccc2)cc1. The van der Waals surface area contributed by atoms with E-state index in [-0.39, 0.29) is 5.56 Å². The lowest BCUT2D eigenvalue weighted by molar-refractivity contribution is -0.137. The zero-order valence-electron chi connectivity index (χ0n) is 15.4. The van der Waals surface area contributed by atoms with Gasteiger partial charge in [0, 0.05) is 17.8 Å². The van der Waals surface area contributed by atoms with Crippen LogP contribution in [0.3, 0.4) is 0 Å². The molecule has 0 spiro atoms. The summed E-state index contributed by atoms with van der Waals surface area (Å²) in [6.07, 6.45) is -0.907. The zero-order chi connectivity index (χ0) is 20.9. The van der Waals surface area contributed by atoms with Crippen LogP contribution in [0.5, 0.6) is 0 Å². The van der Waals surface area contributed by atoms with Gasteiger partial charge in [-0.2, -0.15) is 13.2 Å². The van der Waals surface area contributed by atoms with Gasteiger partial charge < -0.3 is 11.1 Å². The molecule has 1 amide bonds. The number of nitrogens with two attached hydrogens (primary N) is 1. The fraction of sp³-hybridized carbons (Fsp3) is 0.0870. The smallest absolute Gasteiger partial charge is 0.327 e. The van der Waals surface area contributed by atoms with Gasteiger partial charge in [0.25, 0.3) is 5.91 Å².